The first kappa shape index (κ1) is 10.8. The Hall–Kier alpha value is -1.36. The SMILES string of the molecule is CN1CCC(c2[nH]c(=O)nc3c2CCN3)CC1. The van der Waals surface area contributed by atoms with Gasteiger partial charge in [-0.05, 0) is 39.4 Å². The Bertz CT molecular complexity index is 474. The van der Waals surface area contributed by atoms with Gasteiger partial charge in [-0.25, -0.2) is 4.79 Å². The summed E-state index contributed by atoms with van der Waals surface area (Å²) in [7, 11) is 2.15. The predicted molar refractivity (Wildman–Crippen MR) is 66.5 cm³/mol. The number of hydrogen-bond acceptors (Lipinski definition) is 4. The molecule has 92 valence electrons. The molecule has 0 spiro atoms. The first-order valence-electron chi connectivity index (χ1n) is 6.29. The average Bonchev–Trinajstić information content (AvgIpc) is 2.77. The highest BCUT2D eigenvalue weighted by molar-refractivity contribution is 5.51. The van der Waals surface area contributed by atoms with E-state index >= 15 is 0 Å². The van der Waals surface area contributed by atoms with E-state index in [-0.39, 0.29) is 5.69 Å². The van der Waals surface area contributed by atoms with E-state index in [1.807, 2.05) is 0 Å². The van der Waals surface area contributed by atoms with Gasteiger partial charge in [0.15, 0.2) is 0 Å². The number of likely N-dealkylation sites (tertiary alicyclic amines) is 1. The third kappa shape index (κ3) is 1.95. The zero-order chi connectivity index (χ0) is 11.8. The number of hydrogen-bond donors (Lipinski definition) is 2. The third-order valence-corrected chi connectivity index (χ3v) is 3.86. The first-order chi connectivity index (χ1) is 8.24. The van der Waals surface area contributed by atoms with Crippen molar-refractivity contribution in [3.05, 3.63) is 21.7 Å². The minimum absolute atomic E-state index is 0.216. The molecule has 1 fully saturated rings. The van der Waals surface area contributed by atoms with Gasteiger partial charge >= 0.3 is 5.69 Å². The fraction of sp³-hybridized carbons (Fsp3) is 0.667. The summed E-state index contributed by atoms with van der Waals surface area (Å²) >= 11 is 0. The first-order valence-corrected chi connectivity index (χ1v) is 6.29. The van der Waals surface area contributed by atoms with Gasteiger partial charge in [-0.2, -0.15) is 4.98 Å². The van der Waals surface area contributed by atoms with E-state index in [4.69, 9.17) is 0 Å². The molecule has 0 aromatic carbocycles. The highest BCUT2D eigenvalue weighted by Crippen LogP contribution is 2.31. The van der Waals surface area contributed by atoms with Crippen LogP contribution in [0.4, 0.5) is 5.82 Å². The number of aromatic amines is 1. The summed E-state index contributed by atoms with van der Waals surface area (Å²) < 4.78 is 0. The molecule has 1 saturated heterocycles. The number of fused-ring (bicyclic) bond motifs is 1. The summed E-state index contributed by atoms with van der Waals surface area (Å²) in [5, 5.41) is 3.19. The van der Waals surface area contributed by atoms with E-state index in [1.54, 1.807) is 0 Å². The molecule has 5 nitrogen and oxygen atoms in total. The lowest BCUT2D eigenvalue weighted by Gasteiger charge is -2.29. The van der Waals surface area contributed by atoms with E-state index in [2.05, 4.69) is 27.2 Å². The largest absolute Gasteiger partial charge is 0.369 e. The second-order valence-corrected chi connectivity index (χ2v) is 5.04. The van der Waals surface area contributed by atoms with Gasteiger partial charge in [0.25, 0.3) is 0 Å². The van der Waals surface area contributed by atoms with Gasteiger partial charge in [0.1, 0.15) is 5.82 Å². The van der Waals surface area contributed by atoms with Gasteiger partial charge in [0.2, 0.25) is 0 Å². The van der Waals surface area contributed by atoms with Crippen molar-refractivity contribution in [1.82, 2.24) is 14.9 Å². The lowest BCUT2D eigenvalue weighted by molar-refractivity contribution is 0.252. The molecule has 0 radical (unpaired) electrons. The minimum atomic E-state index is -0.216. The van der Waals surface area contributed by atoms with E-state index < -0.39 is 0 Å². The van der Waals surface area contributed by atoms with Crippen LogP contribution in [0.15, 0.2) is 4.79 Å². The summed E-state index contributed by atoms with van der Waals surface area (Å²) in [4.78, 5) is 20.8. The normalized spacial score (nSPS) is 21.2. The van der Waals surface area contributed by atoms with Crippen LogP contribution in [0.1, 0.15) is 30.0 Å². The number of nitrogens with one attached hydrogen (secondary N) is 2. The molecule has 3 rings (SSSR count). The van der Waals surface area contributed by atoms with Crippen molar-refractivity contribution >= 4 is 5.82 Å². The maximum atomic E-state index is 11.5. The maximum Gasteiger partial charge on any atom is 0.347 e. The summed E-state index contributed by atoms with van der Waals surface area (Å²) in [5.74, 6) is 1.30. The Morgan fingerprint density at radius 1 is 1.35 bits per heavy atom. The molecule has 1 aromatic heterocycles. The van der Waals surface area contributed by atoms with Gasteiger partial charge < -0.3 is 15.2 Å². The molecule has 0 atom stereocenters. The summed E-state index contributed by atoms with van der Waals surface area (Å²) in [6.07, 6.45) is 3.24. The zero-order valence-electron chi connectivity index (χ0n) is 10.1. The zero-order valence-corrected chi connectivity index (χ0v) is 10.1. The molecule has 0 bridgehead atoms. The average molecular weight is 234 g/mol. The Morgan fingerprint density at radius 3 is 2.88 bits per heavy atom. The van der Waals surface area contributed by atoms with Crippen LogP contribution in [0.25, 0.3) is 0 Å². The van der Waals surface area contributed by atoms with E-state index in [9.17, 15) is 4.79 Å². The number of piperidine rings is 1. The highest BCUT2D eigenvalue weighted by atomic mass is 16.1. The van der Waals surface area contributed by atoms with Crippen molar-refractivity contribution in [2.45, 2.75) is 25.2 Å². The van der Waals surface area contributed by atoms with Gasteiger partial charge in [0, 0.05) is 23.7 Å². The second kappa shape index (κ2) is 4.14. The molecule has 3 heterocycles. The topological polar surface area (TPSA) is 61.0 Å². The molecule has 2 N–H and O–H groups in total. The Kier molecular flexibility index (Phi) is 2.63. The second-order valence-electron chi connectivity index (χ2n) is 5.04. The monoisotopic (exact) mass is 234 g/mol. The van der Waals surface area contributed by atoms with Crippen molar-refractivity contribution < 1.29 is 0 Å². The molecule has 0 saturated carbocycles. The number of aromatic nitrogens is 2. The molecular weight excluding hydrogens is 216 g/mol. The molecule has 1 aromatic rings. The van der Waals surface area contributed by atoms with E-state index in [0.717, 1.165) is 50.4 Å². The van der Waals surface area contributed by atoms with Gasteiger partial charge in [0.05, 0.1) is 0 Å². The Balaban J connectivity index is 1.95. The van der Waals surface area contributed by atoms with Crippen LogP contribution < -0.4 is 11.0 Å². The standard InChI is InChI=1S/C12H18N4O/c1-16-6-3-8(4-7-16)10-9-2-5-13-11(9)15-12(17)14-10/h8H,2-7H2,1H3,(H2,13,14,15,17). The smallest absolute Gasteiger partial charge is 0.347 e. The minimum Gasteiger partial charge on any atom is -0.369 e. The summed E-state index contributed by atoms with van der Waals surface area (Å²) in [6, 6.07) is 0. The molecule has 0 aliphatic carbocycles. The van der Waals surface area contributed by atoms with Crippen LogP contribution in [-0.4, -0.2) is 41.5 Å². The molecule has 0 amide bonds. The van der Waals surface area contributed by atoms with E-state index in [1.165, 1.54) is 5.56 Å². The quantitative estimate of drug-likeness (QED) is 0.745. The number of nitrogens with zero attached hydrogens (tertiary/aromatic N) is 2. The van der Waals surface area contributed by atoms with Gasteiger partial charge in [-0.3, -0.25) is 0 Å². The lowest BCUT2D eigenvalue weighted by Crippen LogP contribution is -2.31. The van der Waals surface area contributed by atoms with Crippen molar-refractivity contribution in [2.24, 2.45) is 0 Å². The predicted octanol–water partition coefficient (Wildman–Crippen LogP) is 0.547. The highest BCUT2D eigenvalue weighted by Gasteiger charge is 2.25. The van der Waals surface area contributed by atoms with Crippen molar-refractivity contribution in [1.29, 1.82) is 0 Å². The van der Waals surface area contributed by atoms with Crippen molar-refractivity contribution in [3.8, 4) is 0 Å². The summed E-state index contributed by atoms with van der Waals surface area (Å²) in [6.45, 7) is 3.12. The van der Waals surface area contributed by atoms with Crippen molar-refractivity contribution in [3.63, 3.8) is 0 Å². The number of anilines is 1. The lowest BCUT2D eigenvalue weighted by atomic mass is 9.90. The van der Waals surface area contributed by atoms with Crippen LogP contribution in [0, 0.1) is 0 Å². The van der Waals surface area contributed by atoms with Crippen LogP contribution in [0.5, 0.6) is 0 Å². The summed E-state index contributed by atoms with van der Waals surface area (Å²) in [5.41, 5.74) is 2.16. The van der Waals surface area contributed by atoms with Crippen LogP contribution >= 0.6 is 0 Å². The molecule has 17 heavy (non-hydrogen) atoms. The van der Waals surface area contributed by atoms with Gasteiger partial charge in [-0.15, -0.1) is 0 Å². The fourth-order valence-corrected chi connectivity index (χ4v) is 2.87. The molecule has 5 heteroatoms. The number of rotatable bonds is 1. The van der Waals surface area contributed by atoms with Gasteiger partial charge in [-0.1, -0.05) is 0 Å². The Labute approximate surface area is 100 Å². The molecular formula is C12H18N4O. The van der Waals surface area contributed by atoms with Crippen LogP contribution in [-0.2, 0) is 6.42 Å². The van der Waals surface area contributed by atoms with Crippen LogP contribution in [0.2, 0.25) is 0 Å². The fourth-order valence-electron chi connectivity index (χ4n) is 2.87. The van der Waals surface area contributed by atoms with E-state index in [0.29, 0.717) is 5.92 Å². The molecule has 0 unspecified atom stereocenters. The van der Waals surface area contributed by atoms with Crippen LogP contribution in [0.3, 0.4) is 0 Å². The molecule has 2 aliphatic rings. The number of H-pyrrole nitrogens is 1. The third-order valence-electron chi connectivity index (χ3n) is 3.86. The van der Waals surface area contributed by atoms with Crippen molar-refractivity contribution in [2.75, 3.05) is 32.0 Å². The maximum absolute atomic E-state index is 11.5. The molecule has 2 aliphatic heterocycles. The Morgan fingerprint density at radius 2 is 2.12 bits per heavy atom.